The molecule has 0 aliphatic rings. The second-order valence-corrected chi connectivity index (χ2v) is 3.59. The SMILES string of the molecule is CCC(C)CNC(=O)NC(=O)CCCl. The number of halogens is 1. The maximum absolute atomic E-state index is 11.1. The smallest absolute Gasteiger partial charge is 0.321 e. The van der Waals surface area contributed by atoms with Crippen LogP contribution < -0.4 is 10.6 Å². The maximum Gasteiger partial charge on any atom is 0.321 e. The predicted molar refractivity (Wildman–Crippen MR) is 56.3 cm³/mol. The molecule has 1 unspecified atom stereocenters. The molecule has 0 radical (unpaired) electrons. The number of amides is 3. The van der Waals surface area contributed by atoms with Gasteiger partial charge in [-0.1, -0.05) is 20.3 Å². The number of carbonyl (C=O) groups excluding carboxylic acids is 2. The van der Waals surface area contributed by atoms with Gasteiger partial charge in [0, 0.05) is 18.8 Å². The molecule has 0 aliphatic carbocycles. The third-order valence-corrected chi connectivity index (χ3v) is 2.07. The Morgan fingerprint density at radius 1 is 1.43 bits per heavy atom. The topological polar surface area (TPSA) is 58.2 Å². The third-order valence-electron chi connectivity index (χ3n) is 1.88. The van der Waals surface area contributed by atoms with Gasteiger partial charge in [0.25, 0.3) is 0 Å². The zero-order chi connectivity index (χ0) is 11.0. The van der Waals surface area contributed by atoms with Crippen molar-refractivity contribution in [2.45, 2.75) is 26.7 Å². The van der Waals surface area contributed by atoms with Crippen molar-refractivity contribution in [2.75, 3.05) is 12.4 Å². The molecule has 3 amide bonds. The number of hydrogen-bond acceptors (Lipinski definition) is 2. The summed E-state index contributed by atoms with van der Waals surface area (Å²) in [5, 5.41) is 4.80. The molecule has 0 aliphatic heterocycles. The van der Waals surface area contributed by atoms with Crippen molar-refractivity contribution in [2.24, 2.45) is 5.92 Å². The molecule has 5 heteroatoms. The van der Waals surface area contributed by atoms with E-state index < -0.39 is 6.03 Å². The minimum absolute atomic E-state index is 0.165. The van der Waals surface area contributed by atoms with Gasteiger partial charge in [-0.2, -0.15) is 0 Å². The normalized spacial score (nSPS) is 11.9. The van der Waals surface area contributed by atoms with Gasteiger partial charge in [-0.3, -0.25) is 10.1 Å². The molecule has 1 atom stereocenters. The van der Waals surface area contributed by atoms with Crippen molar-refractivity contribution in [3.63, 3.8) is 0 Å². The van der Waals surface area contributed by atoms with Gasteiger partial charge in [0.1, 0.15) is 0 Å². The van der Waals surface area contributed by atoms with E-state index >= 15 is 0 Å². The molecule has 0 saturated carbocycles. The maximum atomic E-state index is 11.1. The molecule has 2 N–H and O–H groups in total. The molecular formula is C9H17ClN2O2. The van der Waals surface area contributed by atoms with E-state index in [1.165, 1.54) is 0 Å². The van der Waals surface area contributed by atoms with E-state index in [4.69, 9.17) is 11.6 Å². The number of alkyl halides is 1. The molecule has 0 aromatic heterocycles. The van der Waals surface area contributed by atoms with Crippen molar-refractivity contribution in [3.8, 4) is 0 Å². The first-order chi connectivity index (χ1) is 6.60. The second kappa shape index (κ2) is 7.62. The lowest BCUT2D eigenvalue weighted by Gasteiger charge is -2.10. The summed E-state index contributed by atoms with van der Waals surface area (Å²) >= 11 is 5.34. The predicted octanol–water partition coefficient (Wildman–Crippen LogP) is 1.49. The van der Waals surface area contributed by atoms with Gasteiger partial charge in [0.15, 0.2) is 0 Å². The minimum Gasteiger partial charge on any atom is -0.338 e. The van der Waals surface area contributed by atoms with Gasteiger partial charge < -0.3 is 5.32 Å². The number of rotatable bonds is 5. The monoisotopic (exact) mass is 220 g/mol. The first-order valence-corrected chi connectivity index (χ1v) is 5.27. The van der Waals surface area contributed by atoms with Gasteiger partial charge in [-0.15, -0.1) is 11.6 Å². The molecule has 0 saturated heterocycles. The fourth-order valence-corrected chi connectivity index (χ4v) is 0.902. The molecule has 0 fully saturated rings. The number of imide groups is 1. The highest BCUT2D eigenvalue weighted by atomic mass is 35.5. The first-order valence-electron chi connectivity index (χ1n) is 4.73. The lowest BCUT2D eigenvalue weighted by Crippen LogP contribution is -2.41. The van der Waals surface area contributed by atoms with Crippen LogP contribution in [0.2, 0.25) is 0 Å². The van der Waals surface area contributed by atoms with Crippen LogP contribution in [0.4, 0.5) is 4.79 Å². The van der Waals surface area contributed by atoms with Crippen LogP contribution in [0, 0.1) is 5.92 Å². The van der Waals surface area contributed by atoms with Gasteiger partial charge in [-0.25, -0.2) is 4.79 Å². The quantitative estimate of drug-likeness (QED) is 0.690. The number of nitrogens with one attached hydrogen (secondary N) is 2. The zero-order valence-corrected chi connectivity index (χ0v) is 9.36. The highest BCUT2D eigenvalue weighted by molar-refractivity contribution is 6.19. The van der Waals surface area contributed by atoms with Crippen LogP contribution in [0.25, 0.3) is 0 Å². The molecule has 82 valence electrons. The van der Waals surface area contributed by atoms with E-state index in [0.717, 1.165) is 6.42 Å². The van der Waals surface area contributed by atoms with Gasteiger partial charge in [0.2, 0.25) is 5.91 Å². The lowest BCUT2D eigenvalue weighted by molar-refractivity contribution is -0.119. The summed E-state index contributed by atoms with van der Waals surface area (Å²) < 4.78 is 0. The Morgan fingerprint density at radius 2 is 2.07 bits per heavy atom. The van der Waals surface area contributed by atoms with Crippen LogP contribution in [0.1, 0.15) is 26.7 Å². The summed E-state index contributed by atoms with van der Waals surface area (Å²) in [6.07, 6.45) is 1.16. The molecule has 0 rings (SSSR count). The van der Waals surface area contributed by atoms with Crippen LogP contribution in [-0.4, -0.2) is 24.4 Å². The Bertz CT molecular complexity index is 197. The standard InChI is InChI=1S/C9H17ClN2O2/c1-3-7(2)6-11-9(14)12-8(13)4-5-10/h7H,3-6H2,1-2H3,(H2,11,12,13,14). The molecule has 14 heavy (non-hydrogen) atoms. The summed E-state index contributed by atoms with van der Waals surface area (Å²) in [6.45, 7) is 4.65. The summed E-state index contributed by atoms with van der Waals surface area (Å²) in [5.41, 5.74) is 0. The highest BCUT2D eigenvalue weighted by Crippen LogP contribution is 1.96. The van der Waals surface area contributed by atoms with Crippen molar-refractivity contribution in [3.05, 3.63) is 0 Å². The molecular weight excluding hydrogens is 204 g/mol. The van der Waals surface area contributed by atoms with Crippen LogP contribution in [0.3, 0.4) is 0 Å². The van der Waals surface area contributed by atoms with Crippen LogP contribution in [0.15, 0.2) is 0 Å². The Balaban J connectivity index is 3.60. The number of urea groups is 1. The van der Waals surface area contributed by atoms with E-state index in [-0.39, 0.29) is 18.2 Å². The summed E-state index contributed by atoms with van der Waals surface area (Å²) in [6, 6.07) is -0.444. The summed E-state index contributed by atoms with van der Waals surface area (Å²) in [5.74, 6) is 0.301. The van der Waals surface area contributed by atoms with E-state index in [1.807, 2.05) is 13.8 Å². The van der Waals surface area contributed by atoms with Crippen molar-refractivity contribution < 1.29 is 9.59 Å². The average molecular weight is 221 g/mol. The van der Waals surface area contributed by atoms with Gasteiger partial charge in [-0.05, 0) is 5.92 Å². The number of hydrogen-bond donors (Lipinski definition) is 2. The fourth-order valence-electron chi connectivity index (χ4n) is 0.730. The second-order valence-electron chi connectivity index (χ2n) is 3.21. The van der Waals surface area contributed by atoms with E-state index in [1.54, 1.807) is 0 Å². The van der Waals surface area contributed by atoms with E-state index in [9.17, 15) is 9.59 Å². The summed E-state index contributed by atoms with van der Waals surface area (Å²) in [7, 11) is 0. The Morgan fingerprint density at radius 3 is 2.57 bits per heavy atom. The Hall–Kier alpha value is -0.770. The third kappa shape index (κ3) is 6.71. The first kappa shape index (κ1) is 13.2. The van der Waals surface area contributed by atoms with Crippen molar-refractivity contribution in [1.29, 1.82) is 0 Å². The average Bonchev–Trinajstić information content (AvgIpc) is 2.14. The largest absolute Gasteiger partial charge is 0.338 e. The molecule has 0 bridgehead atoms. The highest BCUT2D eigenvalue weighted by Gasteiger charge is 2.07. The Labute approximate surface area is 89.4 Å². The van der Waals surface area contributed by atoms with Crippen LogP contribution in [-0.2, 0) is 4.79 Å². The van der Waals surface area contributed by atoms with Crippen molar-refractivity contribution >= 4 is 23.5 Å². The Kier molecular flexibility index (Phi) is 7.20. The van der Waals surface area contributed by atoms with Gasteiger partial charge in [0.05, 0.1) is 0 Å². The molecule has 0 aromatic carbocycles. The molecule has 4 nitrogen and oxygen atoms in total. The van der Waals surface area contributed by atoms with Crippen LogP contribution in [0.5, 0.6) is 0 Å². The summed E-state index contributed by atoms with van der Waals surface area (Å²) in [4.78, 5) is 22.0. The fraction of sp³-hybridized carbons (Fsp3) is 0.778. The lowest BCUT2D eigenvalue weighted by atomic mass is 10.1. The minimum atomic E-state index is -0.444. The zero-order valence-electron chi connectivity index (χ0n) is 8.60. The molecule has 0 heterocycles. The van der Waals surface area contributed by atoms with Gasteiger partial charge >= 0.3 is 6.03 Å². The number of carbonyl (C=O) groups is 2. The van der Waals surface area contributed by atoms with Crippen LogP contribution >= 0.6 is 11.6 Å². The van der Waals surface area contributed by atoms with E-state index in [2.05, 4.69) is 10.6 Å². The van der Waals surface area contributed by atoms with Crippen molar-refractivity contribution in [1.82, 2.24) is 10.6 Å². The molecule has 0 spiro atoms. The van der Waals surface area contributed by atoms with E-state index in [0.29, 0.717) is 12.5 Å². The molecule has 0 aromatic rings.